The van der Waals surface area contributed by atoms with E-state index in [1.165, 1.54) is 0 Å². The Hall–Kier alpha value is -0.490. The molecule has 1 saturated heterocycles. The summed E-state index contributed by atoms with van der Waals surface area (Å²) in [6.07, 6.45) is -0.675. The molecule has 17 heavy (non-hydrogen) atoms. The summed E-state index contributed by atoms with van der Waals surface area (Å²) in [6.45, 7) is 0.225. The third kappa shape index (κ3) is 2.52. The SMILES string of the molecule is Fc1cc(C2CCO[PH](=S)O2)c(F)c(F)c1F. The van der Waals surface area contributed by atoms with Crippen LogP contribution in [0.4, 0.5) is 17.6 Å². The van der Waals surface area contributed by atoms with Crippen LogP contribution in [0, 0.1) is 23.3 Å². The molecule has 1 aliphatic rings. The van der Waals surface area contributed by atoms with Gasteiger partial charge in [0.1, 0.15) is 0 Å². The summed E-state index contributed by atoms with van der Waals surface area (Å²) in [7, 11) is -1.96. The molecule has 0 aliphatic carbocycles. The minimum Gasteiger partial charge on any atom is -0.331 e. The van der Waals surface area contributed by atoms with E-state index >= 15 is 0 Å². The molecule has 2 nitrogen and oxygen atoms in total. The number of hydrogen-bond acceptors (Lipinski definition) is 3. The Bertz CT molecular complexity index is 483. The molecule has 0 amide bonds. The van der Waals surface area contributed by atoms with Gasteiger partial charge in [0, 0.05) is 12.0 Å². The van der Waals surface area contributed by atoms with Gasteiger partial charge >= 0.3 is 0 Å². The van der Waals surface area contributed by atoms with E-state index in [4.69, 9.17) is 20.9 Å². The van der Waals surface area contributed by atoms with E-state index in [0.29, 0.717) is 6.07 Å². The quantitative estimate of drug-likeness (QED) is 0.342. The van der Waals surface area contributed by atoms with E-state index in [0.717, 1.165) is 0 Å². The lowest BCUT2D eigenvalue weighted by Crippen LogP contribution is -2.13. The van der Waals surface area contributed by atoms with Crippen molar-refractivity contribution in [2.75, 3.05) is 6.61 Å². The second-order valence-electron chi connectivity index (χ2n) is 3.38. The van der Waals surface area contributed by atoms with Crippen LogP contribution in [0.1, 0.15) is 18.1 Å². The second-order valence-corrected chi connectivity index (χ2v) is 5.41. The Morgan fingerprint density at radius 1 is 1.18 bits per heavy atom. The summed E-state index contributed by atoms with van der Waals surface area (Å²) in [5, 5.41) is 0. The largest absolute Gasteiger partial charge is 0.331 e. The van der Waals surface area contributed by atoms with Crippen molar-refractivity contribution in [1.29, 1.82) is 0 Å². The fourth-order valence-corrected chi connectivity index (χ4v) is 2.93. The van der Waals surface area contributed by atoms with Crippen molar-refractivity contribution >= 4 is 19.0 Å². The van der Waals surface area contributed by atoms with Gasteiger partial charge in [0.2, 0.25) is 0 Å². The van der Waals surface area contributed by atoms with E-state index in [9.17, 15) is 17.6 Å². The molecule has 1 aromatic carbocycles. The Kier molecular flexibility index (Phi) is 3.82. The first-order valence-corrected chi connectivity index (χ1v) is 7.12. The monoisotopic (exact) mass is 286 g/mol. The first-order chi connectivity index (χ1) is 8.00. The van der Waals surface area contributed by atoms with Crippen molar-refractivity contribution in [3.63, 3.8) is 0 Å². The summed E-state index contributed by atoms with van der Waals surface area (Å²) >= 11 is 4.77. The molecule has 1 fully saturated rings. The van der Waals surface area contributed by atoms with Crippen molar-refractivity contribution in [1.82, 2.24) is 0 Å². The van der Waals surface area contributed by atoms with Gasteiger partial charge in [-0.15, -0.1) is 0 Å². The molecule has 0 aromatic heterocycles. The zero-order valence-corrected chi connectivity index (χ0v) is 10.1. The highest BCUT2D eigenvalue weighted by atomic mass is 32.4. The van der Waals surface area contributed by atoms with Crippen LogP contribution in [0.2, 0.25) is 0 Å². The smallest absolute Gasteiger partial charge is 0.197 e. The van der Waals surface area contributed by atoms with Crippen molar-refractivity contribution in [3.8, 4) is 0 Å². The van der Waals surface area contributed by atoms with Crippen LogP contribution in [0.25, 0.3) is 0 Å². The maximum absolute atomic E-state index is 13.4. The zero-order valence-electron chi connectivity index (χ0n) is 8.31. The first-order valence-electron chi connectivity index (χ1n) is 4.67. The predicted octanol–water partition coefficient (Wildman–Crippen LogP) is 3.23. The molecule has 2 atom stereocenters. The molecule has 0 N–H and O–H groups in total. The average Bonchev–Trinajstić information content (AvgIpc) is 2.31. The molecular formula is C9H7F4O2PS. The van der Waals surface area contributed by atoms with Gasteiger partial charge < -0.3 is 9.05 Å². The third-order valence-electron chi connectivity index (χ3n) is 2.32. The van der Waals surface area contributed by atoms with Crippen LogP contribution in [-0.4, -0.2) is 6.61 Å². The lowest BCUT2D eigenvalue weighted by molar-refractivity contribution is 0.115. The highest BCUT2D eigenvalue weighted by Crippen LogP contribution is 2.41. The predicted molar refractivity (Wildman–Crippen MR) is 56.3 cm³/mol. The molecular weight excluding hydrogens is 279 g/mol. The van der Waals surface area contributed by atoms with Crippen LogP contribution < -0.4 is 0 Å². The molecule has 0 radical (unpaired) electrons. The topological polar surface area (TPSA) is 18.5 Å². The van der Waals surface area contributed by atoms with Crippen molar-refractivity contribution in [2.45, 2.75) is 12.5 Å². The molecule has 2 rings (SSSR count). The van der Waals surface area contributed by atoms with Gasteiger partial charge in [-0.25, -0.2) is 17.6 Å². The van der Waals surface area contributed by atoms with Crippen molar-refractivity contribution < 1.29 is 26.6 Å². The fraction of sp³-hybridized carbons (Fsp3) is 0.333. The normalized spacial score (nSPS) is 24.9. The van der Waals surface area contributed by atoms with Crippen LogP contribution in [0.3, 0.4) is 0 Å². The van der Waals surface area contributed by atoms with E-state index in [1.807, 2.05) is 0 Å². The van der Waals surface area contributed by atoms with Crippen LogP contribution >= 0.6 is 7.15 Å². The highest BCUT2D eigenvalue weighted by molar-refractivity contribution is 8.00. The maximum Gasteiger partial charge on any atom is 0.197 e. The Morgan fingerprint density at radius 2 is 1.88 bits per heavy atom. The summed E-state index contributed by atoms with van der Waals surface area (Å²) in [4.78, 5) is 0. The van der Waals surface area contributed by atoms with Gasteiger partial charge in [-0.1, -0.05) is 0 Å². The van der Waals surface area contributed by atoms with E-state index in [1.54, 1.807) is 0 Å². The van der Waals surface area contributed by atoms with E-state index in [-0.39, 0.29) is 18.6 Å². The van der Waals surface area contributed by atoms with Gasteiger partial charge in [-0.2, -0.15) is 0 Å². The molecule has 1 aromatic rings. The molecule has 0 bridgehead atoms. The Morgan fingerprint density at radius 3 is 2.53 bits per heavy atom. The van der Waals surface area contributed by atoms with Gasteiger partial charge in [0.15, 0.2) is 30.4 Å². The lowest BCUT2D eigenvalue weighted by atomic mass is 10.1. The van der Waals surface area contributed by atoms with Crippen LogP contribution in [0.15, 0.2) is 6.07 Å². The molecule has 0 spiro atoms. The van der Waals surface area contributed by atoms with Crippen molar-refractivity contribution in [2.24, 2.45) is 0 Å². The fourth-order valence-electron chi connectivity index (χ4n) is 1.50. The van der Waals surface area contributed by atoms with Gasteiger partial charge in [0.05, 0.1) is 12.7 Å². The summed E-state index contributed by atoms with van der Waals surface area (Å²) in [5.74, 6) is -6.57. The van der Waals surface area contributed by atoms with Crippen LogP contribution in [0.5, 0.6) is 0 Å². The van der Waals surface area contributed by atoms with Gasteiger partial charge in [0.25, 0.3) is 0 Å². The Labute approximate surface area is 100 Å². The molecule has 8 heteroatoms. The van der Waals surface area contributed by atoms with Crippen molar-refractivity contribution in [3.05, 3.63) is 34.9 Å². The molecule has 0 saturated carbocycles. The number of benzene rings is 1. The molecule has 1 aliphatic heterocycles. The zero-order chi connectivity index (χ0) is 12.6. The average molecular weight is 286 g/mol. The number of halogens is 4. The minimum absolute atomic E-state index is 0.215. The molecule has 1 heterocycles. The number of rotatable bonds is 1. The highest BCUT2D eigenvalue weighted by Gasteiger charge is 2.27. The second kappa shape index (κ2) is 5.02. The van der Waals surface area contributed by atoms with E-state index < -0.39 is 36.5 Å². The third-order valence-corrected chi connectivity index (χ3v) is 3.88. The molecule has 94 valence electrons. The standard InChI is InChI=1S/C9H7F4O2PS/c10-5-3-4(7(11)9(13)8(5)12)6-1-2-14-16(17)15-6/h3,6,16H,1-2H2. The van der Waals surface area contributed by atoms with Crippen LogP contribution in [-0.2, 0) is 20.9 Å². The first kappa shape index (κ1) is 13.0. The maximum atomic E-state index is 13.4. The summed E-state index contributed by atoms with van der Waals surface area (Å²) in [5.41, 5.74) is -0.364. The lowest BCUT2D eigenvalue weighted by Gasteiger charge is -2.24. The summed E-state index contributed by atoms with van der Waals surface area (Å²) in [6, 6.07) is 0.591. The van der Waals surface area contributed by atoms with Gasteiger partial charge in [-0.05, 0) is 17.9 Å². The minimum atomic E-state index is -1.96. The Balaban J connectivity index is 2.41. The van der Waals surface area contributed by atoms with Gasteiger partial charge in [-0.3, -0.25) is 0 Å². The molecule has 2 unspecified atom stereocenters. The van der Waals surface area contributed by atoms with E-state index in [2.05, 4.69) is 0 Å². The summed E-state index contributed by atoms with van der Waals surface area (Å²) < 4.78 is 62.2. The number of hydrogen-bond donors (Lipinski definition) is 0.